The molecule has 0 saturated carbocycles. The molecular weight excluding hydrogens is 230 g/mol. The van der Waals surface area contributed by atoms with Crippen LogP contribution in [0.25, 0.3) is 0 Å². The van der Waals surface area contributed by atoms with Gasteiger partial charge in [-0.2, -0.15) is 0 Å². The minimum Gasteiger partial charge on any atom is -0.497 e. The molecule has 0 fully saturated rings. The van der Waals surface area contributed by atoms with Gasteiger partial charge in [-0.25, -0.2) is 0 Å². The number of nitrogens with one attached hydrogen (secondary N) is 3. The Morgan fingerprint density at radius 3 is 2.50 bits per heavy atom. The van der Waals surface area contributed by atoms with Gasteiger partial charge in [0.05, 0.1) is 13.7 Å². The number of carbonyl (C=O) groups excluding carboxylic acids is 1. The Hall–Kier alpha value is -2.17. The van der Waals surface area contributed by atoms with Crippen LogP contribution in [0.1, 0.15) is 13.3 Å². The first-order valence-electron chi connectivity index (χ1n) is 5.76. The highest BCUT2D eigenvalue weighted by atomic mass is 16.5. The van der Waals surface area contributed by atoms with Crippen molar-refractivity contribution in [1.29, 1.82) is 0 Å². The van der Waals surface area contributed by atoms with E-state index >= 15 is 0 Å². The van der Waals surface area contributed by atoms with Gasteiger partial charge in [-0.3, -0.25) is 10.2 Å². The Kier molecular flexibility index (Phi) is 5.57. The summed E-state index contributed by atoms with van der Waals surface area (Å²) in [7, 11) is 1.61. The fourth-order valence-electron chi connectivity index (χ4n) is 1.18. The highest BCUT2D eigenvalue weighted by molar-refractivity contribution is 5.80. The number of hydrogen-bond donors (Lipinski definition) is 3. The average molecular weight is 249 g/mol. The molecule has 1 aromatic rings. The van der Waals surface area contributed by atoms with Gasteiger partial charge in [0.1, 0.15) is 5.75 Å². The first kappa shape index (κ1) is 13.9. The molecule has 1 amide bonds. The molecule has 18 heavy (non-hydrogen) atoms. The summed E-state index contributed by atoms with van der Waals surface area (Å²) in [6.45, 7) is 5.87. The zero-order valence-electron chi connectivity index (χ0n) is 10.7. The van der Waals surface area contributed by atoms with E-state index in [4.69, 9.17) is 4.74 Å². The normalized spacial score (nSPS) is 9.44. The summed E-state index contributed by atoms with van der Waals surface area (Å²) in [5.41, 5.74) is 6.92. The lowest BCUT2D eigenvalue weighted by Gasteiger charge is -2.10. The molecule has 0 bridgehead atoms. The molecule has 0 heterocycles. The largest absolute Gasteiger partial charge is 0.497 e. The van der Waals surface area contributed by atoms with E-state index in [0.29, 0.717) is 0 Å². The smallest absolute Gasteiger partial charge is 0.257 e. The lowest BCUT2D eigenvalue weighted by atomic mass is 10.3. The second-order valence-corrected chi connectivity index (χ2v) is 3.71. The molecule has 0 aliphatic heterocycles. The fourth-order valence-corrected chi connectivity index (χ4v) is 1.18. The van der Waals surface area contributed by atoms with E-state index in [1.165, 1.54) is 0 Å². The summed E-state index contributed by atoms with van der Waals surface area (Å²) in [4.78, 5) is 11.5. The van der Waals surface area contributed by atoms with Crippen molar-refractivity contribution < 1.29 is 9.53 Å². The van der Waals surface area contributed by atoms with Crippen LogP contribution in [-0.2, 0) is 4.79 Å². The summed E-state index contributed by atoms with van der Waals surface area (Å²) in [5.74, 6) is 0.631. The van der Waals surface area contributed by atoms with Crippen molar-refractivity contribution in [3.8, 4) is 5.75 Å². The maximum Gasteiger partial charge on any atom is 0.257 e. The molecule has 0 spiro atoms. The first-order valence-corrected chi connectivity index (χ1v) is 5.76. The van der Waals surface area contributed by atoms with Crippen molar-refractivity contribution >= 4 is 11.6 Å². The molecule has 98 valence electrons. The van der Waals surface area contributed by atoms with Gasteiger partial charge >= 0.3 is 0 Å². The maximum absolute atomic E-state index is 11.5. The summed E-state index contributed by atoms with van der Waals surface area (Å²) in [6.07, 6.45) is 0.770. The average Bonchev–Trinajstić information content (AvgIpc) is 2.42. The molecule has 0 aromatic heterocycles. The van der Waals surface area contributed by atoms with Crippen molar-refractivity contribution in [2.24, 2.45) is 0 Å². The van der Waals surface area contributed by atoms with Crippen molar-refractivity contribution in [2.45, 2.75) is 13.3 Å². The Balaban J connectivity index is 2.31. The Morgan fingerprint density at radius 2 is 1.94 bits per heavy atom. The van der Waals surface area contributed by atoms with Gasteiger partial charge in [-0.15, -0.1) is 0 Å². The van der Waals surface area contributed by atoms with Crippen LogP contribution in [0, 0.1) is 0 Å². The second kappa shape index (κ2) is 7.21. The number of hydrazine groups is 1. The van der Waals surface area contributed by atoms with Gasteiger partial charge in [-0.1, -0.05) is 13.5 Å². The number of amides is 1. The summed E-state index contributed by atoms with van der Waals surface area (Å²) >= 11 is 0. The SMILES string of the molecule is C=C(CC)NNC(=O)CNc1ccc(OC)cc1. The number of benzene rings is 1. The number of methoxy groups -OCH3 is 1. The number of anilines is 1. The Labute approximate surface area is 107 Å². The van der Waals surface area contributed by atoms with E-state index in [9.17, 15) is 4.79 Å². The zero-order valence-corrected chi connectivity index (χ0v) is 10.7. The van der Waals surface area contributed by atoms with Gasteiger partial charge in [0, 0.05) is 11.4 Å². The standard InChI is InChI=1S/C13H19N3O2/c1-4-10(2)15-16-13(17)9-14-11-5-7-12(18-3)8-6-11/h5-8,14-15H,2,4,9H2,1,3H3,(H,16,17). The number of rotatable bonds is 7. The summed E-state index contributed by atoms with van der Waals surface area (Å²) in [6, 6.07) is 7.36. The maximum atomic E-state index is 11.5. The molecule has 1 aromatic carbocycles. The van der Waals surface area contributed by atoms with E-state index in [-0.39, 0.29) is 12.5 Å². The lowest BCUT2D eigenvalue weighted by molar-refractivity contribution is -0.120. The van der Waals surface area contributed by atoms with E-state index < -0.39 is 0 Å². The first-order chi connectivity index (χ1) is 8.65. The molecule has 5 heteroatoms. The molecule has 0 unspecified atom stereocenters. The Bertz CT molecular complexity index is 401. The molecule has 0 aliphatic rings. The number of allylic oxidation sites excluding steroid dienone is 1. The van der Waals surface area contributed by atoms with Gasteiger partial charge in [0.15, 0.2) is 0 Å². The molecule has 1 rings (SSSR count). The number of carbonyl (C=O) groups is 1. The quantitative estimate of drug-likeness (QED) is 0.643. The van der Waals surface area contributed by atoms with Crippen LogP contribution < -0.4 is 20.9 Å². The van der Waals surface area contributed by atoms with Crippen LogP contribution >= 0.6 is 0 Å². The molecular formula is C13H19N3O2. The van der Waals surface area contributed by atoms with Gasteiger partial charge < -0.3 is 15.5 Å². The third-order valence-corrected chi connectivity index (χ3v) is 2.35. The third-order valence-electron chi connectivity index (χ3n) is 2.35. The van der Waals surface area contributed by atoms with Crippen molar-refractivity contribution in [3.05, 3.63) is 36.5 Å². The van der Waals surface area contributed by atoms with E-state index in [1.807, 2.05) is 31.2 Å². The van der Waals surface area contributed by atoms with Crippen LogP contribution in [0.4, 0.5) is 5.69 Å². The second-order valence-electron chi connectivity index (χ2n) is 3.71. The van der Waals surface area contributed by atoms with Crippen molar-refractivity contribution in [3.63, 3.8) is 0 Å². The number of hydrogen-bond acceptors (Lipinski definition) is 4. The van der Waals surface area contributed by atoms with Crippen LogP contribution in [0.15, 0.2) is 36.5 Å². The molecule has 5 nitrogen and oxygen atoms in total. The van der Waals surface area contributed by atoms with Gasteiger partial charge in [0.2, 0.25) is 0 Å². The van der Waals surface area contributed by atoms with Crippen LogP contribution in [-0.4, -0.2) is 19.6 Å². The minimum atomic E-state index is -0.152. The van der Waals surface area contributed by atoms with Crippen molar-refractivity contribution in [2.75, 3.05) is 19.0 Å². The highest BCUT2D eigenvalue weighted by Gasteiger charge is 2.00. The molecule has 3 N–H and O–H groups in total. The predicted octanol–water partition coefficient (Wildman–Crippen LogP) is 1.65. The fraction of sp³-hybridized carbons (Fsp3) is 0.308. The minimum absolute atomic E-state index is 0.152. The number of ether oxygens (including phenoxy) is 1. The van der Waals surface area contributed by atoms with E-state index in [0.717, 1.165) is 23.6 Å². The van der Waals surface area contributed by atoms with Crippen LogP contribution in [0.5, 0.6) is 5.75 Å². The van der Waals surface area contributed by atoms with Gasteiger partial charge in [-0.05, 0) is 30.7 Å². The highest BCUT2D eigenvalue weighted by Crippen LogP contribution is 2.14. The van der Waals surface area contributed by atoms with Crippen LogP contribution in [0.2, 0.25) is 0 Å². The van der Waals surface area contributed by atoms with Crippen molar-refractivity contribution in [1.82, 2.24) is 10.9 Å². The molecule has 0 radical (unpaired) electrons. The lowest BCUT2D eigenvalue weighted by Crippen LogP contribution is -2.39. The molecule has 0 atom stereocenters. The molecule has 0 saturated heterocycles. The zero-order chi connectivity index (χ0) is 13.4. The van der Waals surface area contributed by atoms with E-state index in [2.05, 4.69) is 22.7 Å². The monoisotopic (exact) mass is 249 g/mol. The van der Waals surface area contributed by atoms with Gasteiger partial charge in [0.25, 0.3) is 5.91 Å². The van der Waals surface area contributed by atoms with E-state index in [1.54, 1.807) is 7.11 Å². The molecule has 0 aliphatic carbocycles. The Morgan fingerprint density at radius 1 is 1.28 bits per heavy atom. The summed E-state index contributed by atoms with van der Waals surface area (Å²) in [5, 5.41) is 3.00. The predicted molar refractivity (Wildman–Crippen MR) is 72.2 cm³/mol. The van der Waals surface area contributed by atoms with Crippen LogP contribution in [0.3, 0.4) is 0 Å². The summed E-state index contributed by atoms with van der Waals surface area (Å²) < 4.78 is 5.05. The third kappa shape index (κ3) is 4.78. The topological polar surface area (TPSA) is 62.4 Å².